The summed E-state index contributed by atoms with van der Waals surface area (Å²) in [5.74, 6) is 0.305. The standard InChI is InChI=1S/C12H20O2/c1-9-7-6-8-12(4,10(13)14-5)11(9,2)3/h6-7,9H,8H2,1-5H3/t9-,12-/m1/s1. The van der Waals surface area contributed by atoms with Crippen LogP contribution >= 0.6 is 0 Å². The molecule has 80 valence electrons. The number of carbonyl (C=O) groups is 1. The van der Waals surface area contributed by atoms with Crippen molar-refractivity contribution in [3.8, 4) is 0 Å². The molecule has 1 aliphatic rings. The van der Waals surface area contributed by atoms with E-state index in [9.17, 15) is 4.79 Å². The normalized spacial score (nSPS) is 35.4. The van der Waals surface area contributed by atoms with Crippen molar-refractivity contribution < 1.29 is 9.53 Å². The third-order valence-electron chi connectivity index (χ3n) is 4.15. The molecule has 1 rings (SSSR count). The lowest BCUT2D eigenvalue weighted by Crippen LogP contribution is -2.47. The molecule has 0 aromatic rings. The first-order valence-electron chi connectivity index (χ1n) is 5.11. The Morgan fingerprint density at radius 2 is 2.00 bits per heavy atom. The minimum Gasteiger partial charge on any atom is -0.469 e. The van der Waals surface area contributed by atoms with E-state index in [1.54, 1.807) is 0 Å². The first-order valence-corrected chi connectivity index (χ1v) is 5.11. The molecule has 0 N–H and O–H groups in total. The van der Waals surface area contributed by atoms with Crippen LogP contribution in [-0.4, -0.2) is 13.1 Å². The van der Waals surface area contributed by atoms with Gasteiger partial charge >= 0.3 is 5.97 Å². The summed E-state index contributed by atoms with van der Waals surface area (Å²) in [6.45, 7) is 8.42. The Morgan fingerprint density at radius 1 is 1.43 bits per heavy atom. The number of carbonyl (C=O) groups excluding carboxylic acids is 1. The molecule has 0 amide bonds. The number of esters is 1. The third kappa shape index (κ3) is 1.37. The highest BCUT2D eigenvalue weighted by molar-refractivity contribution is 5.78. The molecule has 0 saturated carbocycles. The summed E-state index contributed by atoms with van der Waals surface area (Å²) in [6.07, 6.45) is 5.05. The first kappa shape index (κ1) is 11.3. The smallest absolute Gasteiger partial charge is 0.312 e. The summed E-state index contributed by atoms with van der Waals surface area (Å²) in [6, 6.07) is 0. The Kier molecular flexibility index (Phi) is 2.75. The van der Waals surface area contributed by atoms with E-state index in [0.29, 0.717) is 5.92 Å². The van der Waals surface area contributed by atoms with E-state index in [1.165, 1.54) is 7.11 Å². The van der Waals surface area contributed by atoms with Gasteiger partial charge in [-0.05, 0) is 24.7 Å². The fourth-order valence-corrected chi connectivity index (χ4v) is 2.09. The summed E-state index contributed by atoms with van der Waals surface area (Å²) < 4.78 is 4.90. The van der Waals surface area contributed by atoms with Crippen LogP contribution in [0.2, 0.25) is 0 Å². The molecule has 14 heavy (non-hydrogen) atoms. The van der Waals surface area contributed by atoms with Gasteiger partial charge in [-0.2, -0.15) is 0 Å². The maximum Gasteiger partial charge on any atom is 0.312 e. The van der Waals surface area contributed by atoms with Gasteiger partial charge in [0.2, 0.25) is 0 Å². The molecule has 2 atom stereocenters. The molecule has 1 aliphatic carbocycles. The van der Waals surface area contributed by atoms with E-state index in [1.807, 2.05) is 6.92 Å². The van der Waals surface area contributed by atoms with Gasteiger partial charge in [0.25, 0.3) is 0 Å². The lowest BCUT2D eigenvalue weighted by Gasteiger charge is -2.47. The van der Waals surface area contributed by atoms with Gasteiger partial charge < -0.3 is 4.74 Å². The van der Waals surface area contributed by atoms with Crippen LogP contribution in [0.4, 0.5) is 0 Å². The SMILES string of the molecule is COC(=O)[C@@]1(C)CC=C[C@@H](C)C1(C)C. The number of allylic oxidation sites excluding steroid dienone is 2. The molecule has 0 bridgehead atoms. The summed E-state index contributed by atoms with van der Waals surface area (Å²) >= 11 is 0. The first-order chi connectivity index (χ1) is 6.36. The van der Waals surface area contributed by atoms with Crippen molar-refractivity contribution in [2.24, 2.45) is 16.7 Å². The quantitative estimate of drug-likeness (QED) is 0.476. The highest BCUT2D eigenvalue weighted by Gasteiger charge is 2.51. The predicted octanol–water partition coefficient (Wildman–Crippen LogP) is 2.79. The highest BCUT2D eigenvalue weighted by atomic mass is 16.5. The van der Waals surface area contributed by atoms with E-state index in [2.05, 4.69) is 32.9 Å². The number of hydrogen-bond acceptors (Lipinski definition) is 2. The Balaban J connectivity index is 3.10. The number of rotatable bonds is 1. The maximum atomic E-state index is 11.8. The minimum atomic E-state index is -0.393. The van der Waals surface area contributed by atoms with Crippen molar-refractivity contribution in [3.05, 3.63) is 12.2 Å². The van der Waals surface area contributed by atoms with Gasteiger partial charge in [0.05, 0.1) is 12.5 Å². The zero-order valence-electron chi connectivity index (χ0n) is 9.76. The zero-order valence-corrected chi connectivity index (χ0v) is 9.76. The van der Waals surface area contributed by atoms with Crippen LogP contribution in [0.5, 0.6) is 0 Å². The lowest BCUT2D eigenvalue weighted by atomic mass is 9.56. The van der Waals surface area contributed by atoms with Crippen molar-refractivity contribution in [2.45, 2.75) is 34.1 Å². The Labute approximate surface area is 86.3 Å². The molecule has 0 aliphatic heterocycles. The summed E-state index contributed by atoms with van der Waals surface area (Å²) in [7, 11) is 1.46. The third-order valence-corrected chi connectivity index (χ3v) is 4.15. The average molecular weight is 196 g/mol. The maximum absolute atomic E-state index is 11.8. The zero-order chi connectivity index (χ0) is 11.0. The van der Waals surface area contributed by atoms with Crippen LogP contribution in [0.1, 0.15) is 34.1 Å². The molecule has 0 radical (unpaired) electrons. The van der Waals surface area contributed by atoms with Crippen LogP contribution in [0.3, 0.4) is 0 Å². The van der Waals surface area contributed by atoms with Crippen molar-refractivity contribution in [2.75, 3.05) is 7.11 Å². The van der Waals surface area contributed by atoms with Crippen molar-refractivity contribution in [3.63, 3.8) is 0 Å². The molecular formula is C12H20O2. The van der Waals surface area contributed by atoms with Crippen molar-refractivity contribution in [1.29, 1.82) is 0 Å². The van der Waals surface area contributed by atoms with Gasteiger partial charge in [-0.3, -0.25) is 4.79 Å². The summed E-state index contributed by atoms with van der Waals surface area (Å²) in [5.41, 5.74) is -0.440. The second-order valence-corrected chi connectivity index (χ2v) is 4.97. The van der Waals surface area contributed by atoms with Gasteiger partial charge in [-0.1, -0.05) is 32.9 Å². The second-order valence-electron chi connectivity index (χ2n) is 4.97. The molecular weight excluding hydrogens is 176 g/mol. The van der Waals surface area contributed by atoms with Gasteiger partial charge in [0, 0.05) is 0 Å². The Morgan fingerprint density at radius 3 is 2.50 bits per heavy atom. The number of ether oxygens (including phenoxy) is 1. The molecule has 0 spiro atoms. The molecule has 0 aromatic heterocycles. The minimum absolute atomic E-state index is 0.0468. The van der Waals surface area contributed by atoms with Crippen molar-refractivity contribution in [1.82, 2.24) is 0 Å². The monoisotopic (exact) mass is 196 g/mol. The van der Waals surface area contributed by atoms with E-state index in [-0.39, 0.29) is 11.4 Å². The molecule has 2 heteroatoms. The molecule has 2 nitrogen and oxygen atoms in total. The fraction of sp³-hybridized carbons (Fsp3) is 0.750. The summed E-state index contributed by atoms with van der Waals surface area (Å²) in [4.78, 5) is 11.8. The fourth-order valence-electron chi connectivity index (χ4n) is 2.09. The Bertz CT molecular complexity index is 265. The van der Waals surface area contributed by atoms with Crippen LogP contribution in [0, 0.1) is 16.7 Å². The molecule has 0 heterocycles. The number of methoxy groups -OCH3 is 1. The largest absolute Gasteiger partial charge is 0.469 e. The second kappa shape index (κ2) is 3.41. The molecule has 0 aromatic carbocycles. The summed E-state index contributed by atoms with van der Waals surface area (Å²) in [5, 5.41) is 0. The van der Waals surface area contributed by atoms with Crippen LogP contribution in [0.25, 0.3) is 0 Å². The van der Waals surface area contributed by atoms with Gasteiger partial charge in [-0.25, -0.2) is 0 Å². The topological polar surface area (TPSA) is 26.3 Å². The van der Waals surface area contributed by atoms with Crippen molar-refractivity contribution >= 4 is 5.97 Å². The molecule has 0 unspecified atom stereocenters. The molecule has 0 saturated heterocycles. The van der Waals surface area contributed by atoms with Crippen LogP contribution < -0.4 is 0 Å². The van der Waals surface area contributed by atoms with E-state index in [0.717, 1.165) is 6.42 Å². The Hall–Kier alpha value is -0.790. The number of hydrogen-bond donors (Lipinski definition) is 0. The average Bonchev–Trinajstić information content (AvgIpc) is 2.13. The van der Waals surface area contributed by atoms with Gasteiger partial charge in [-0.15, -0.1) is 0 Å². The van der Waals surface area contributed by atoms with Gasteiger partial charge in [0.1, 0.15) is 0 Å². The van der Waals surface area contributed by atoms with E-state index in [4.69, 9.17) is 4.74 Å². The highest BCUT2D eigenvalue weighted by Crippen LogP contribution is 2.51. The van der Waals surface area contributed by atoms with Crippen LogP contribution in [0.15, 0.2) is 12.2 Å². The van der Waals surface area contributed by atoms with E-state index >= 15 is 0 Å². The predicted molar refractivity (Wildman–Crippen MR) is 56.8 cm³/mol. The van der Waals surface area contributed by atoms with Crippen LogP contribution in [-0.2, 0) is 9.53 Å². The van der Waals surface area contributed by atoms with Gasteiger partial charge in [0.15, 0.2) is 0 Å². The molecule has 0 fully saturated rings. The lowest BCUT2D eigenvalue weighted by molar-refractivity contribution is -0.161. The van der Waals surface area contributed by atoms with E-state index < -0.39 is 5.41 Å².